The fraction of sp³-hybridized carbons (Fsp3) is 0.286. The molecule has 4 aromatic rings. The number of hydrogen-bond acceptors (Lipinski definition) is 4. The molecule has 0 bridgehead atoms. The monoisotopic (exact) mass is 392 g/mol. The van der Waals surface area contributed by atoms with Gasteiger partial charge in [0, 0.05) is 29.2 Å². The summed E-state index contributed by atoms with van der Waals surface area (Å²) in [6.07, 6.45) is 3.66. The number of rotatable bonds is 3. The quantitative estimate of drug-likeness (QED) is 0.545. The second-order valence-corrected chi connectivity index (χ2v) is 7.69. The zero-order valence-corrected chi connectivity index (χ0v) is 16.4. The van der Waals surface area contributed by atoms with Crippen LogP contribution < -0.4 is 4.90 Å². The summed E-state index contributed by atoms with van der Waals surface area (Å²) in [5.41, 5.74) is 5.35. The Morgan fingerprint density at radius 2 is 1.82 bits per heavy atom. The van der Waals surface area contributed by atoms with E-state index in [9.17, 15) is 0 Å². The predicted octanol–water partition coefficient (Wildman–Crippen LogP) is 4.76. The van der Waals surface area contributed by atoms with Gasteiger partial charge < -0.3 is 9.47 Å². The standard InChI is InChI=1S/C21H21ClN6/c1-14-12-16-18(13-17(14)22)28(15-8-4-2-5-9-15)20(21-23-25-26-24-21)19(16)27-10-6-3-7-11-27/h2,4-5,8-9,12-13H,3,6-7,10-11H2,1H3,(H,23,24,25,26). The fourth-order valence-electron chi connectivity index (χ4n) is 4.16. The maximum absolute atomic E-state index is 6.54. The van der Waals surface area contributed by atoms with Crippen LogP contribution in [0.25, 0.3) is 28.1 Å². The van der Waals surface area contributed by atoms with Gasteiger partial charge in [0.05, 0.1) is 11.2 Å². The molecule has 2 aromatic heterocycles. The minimum absolute atomic E-state index is 0.661. The smallest absolute Gasteiger partial charge is 0.198 e. The minimum Gasteiger partial charge on any atom is -0.369 e. The number of nitrogens with zero attached hydrogens (tertiary/aromatic N) is 5. The molecule has 2 aromatic carbocycles. The average Bonchev–Trinajstić information content (AvgIpc) is 3.36. The molecule has 0 amide bonds. The van der Waals surface area contributed by atoms with Gasteiger partial charge >= 0.3 is 0 Å². The second kappa shape index (κ2) is 6.95. The van der Waals surface area contributed by atoms with Crippen molar-refractivity contribution in [1.29, 1.82) is 0 Å². The molecule has 1 N–H and O–H groups in total. The first-order valence-corrected chi connectivity index (χ1v) is 10.0. The number of tetrazole rings is 1. The lowest BCUT2D eigenvalue weighted by Crippen LogP contribution is -2.29. The summed E-state index contributed by atoms with van der Waals surface area (Å²) in [7, 11) is 0. The molecule has 6 nitrogen and oxygen atoms in total. The molecule has 1 fully saturated rings. The third-order valence-corrected chi connectivity index (χ3v) is 5.88. The number of fused-ring (bicyclic) bond motifs is 1. The van der Waals surface area contributed by atoms with Gasteiger partial charge in [0.1, 0.15) is 5.69 Å². The normalized spacial score (nSPS) is 14.7. The van der Waals surface area contributed by atoms with E-state index in [4.69, 9.17) is 11.6 Å². The highest BCUT2D eigenvalue weighted by Crippen LogP contribution is 2.43. The molecule has 1 aliphatic heterocycles. The maximum Gasteiger partial charge on any atom is 0.198 e. The van der Waals surface area contributed by atoms with Crippen molar-refractivity contribution in [1.82, 2.24) is 25.2 Å². The summed E-state index contributed by atoms with van der Waals surface area (Å²) < 4.78 is 2.22. The number of hydrogen-bond donors (Lipinski definition) is 1. The molecule has 28 heavy (non-hydrogen) atoms. The second-order valence-electron chi connectivity index (χ2n) is 7.28. The number of aryl methyl sites for hydroxylation is 1. The molecule has 142 valence electrons. The summed E-state index contributed by atoms with van der Waals surface area (Å²) >= 11 is 6.54. The highest BCUT2D eigenvalue weighted by molar-refractivity contribution is 6.32. The molecular formula is C21H21ClN6. The lowest BCUT2D eigenvalue weighted by atomic mass is 10.1. The fourth-order valence-corrected chi connectivity index (χ4v) is 4.32. The number of aromatic amines is 1. The maximum atomic E-state index is 6.54. The summed E-state index contributed by atoms with van der Waals surface area (Å²) in [6.45, 7) is 4.12. The molecule has 5 rings (SSSR count). The van der Waals surface area contributed by atoms with E-state index in [0.29, 0.717) is 5.82 Å². The van der Waals surface area contributed by atoms with Gasteiger partial charge in [0.15, 0.2) is 5.82 Å². The van der Waals surface area contributed by atoms with Gasteiger partial charge in [-0.05, 0) is 66.4 Å². The van der Waals surface area contributed by atoms with Crippen molar-refractivity contribution in [2.75, 3.05) is 18.0 Å². The molecule has 0 saturated carbocycles. The third-order valence-electron chi connectivity index (χ3n) is 5.48. The van der Waals surface area contributed by atoms with Crippen molar-refractivity contribution in [3.05, 3.63) is 53.1 Å². The summed E-state index contributed by atoms with van der Waals surface area (Å²) in [4.78, 5) is 2.47. The first-order chi connectivity index (χ1) is 13.7. The van der Waals surface area contributed by atoms with Crippen molar-refractivity contribution in [3.8, 4) is 17.2 Å². The Morgan fingerprint density at radius 1 is 1.04 bits per heavy atom. The molecule has 0 unspecified atom stereocenters. The van der Waals surface area contributed by atoms with E-state index in [1.165, 1.54) is 30.3 Å². The Kier molecular flexibility index (Phi) is 4.28. The molecule has 0 radical (unpaired) electrons. The topological polar surface area (TPSA) is 62.6 Å². The highest BCUT2D eigenvalue weighted by atomic mass is 35.5. The van der Waals surface area contributed by atoms with E-state index in [0.717, 1.165) is 40.6 Å². The lowest BCUT2D eigenvalue weighted by Gasteiger charge is -2.29. The molecule has 0 atom stereocenters. The van der Waals surface area contributed by atoms with Gasteiger partial charge in [-0.1, -0.05) is 29.8 Å². The van der Waals surface area contributed by atoms with Gasteiger partial charge in [-0.15, -0.1) is 5.10 Å². The van der Waals surface area contributed by atoms with Crippen molar-refractivity contribution in [3.63, 3.8) is 0 Å². The first kappa shape index (κ1) is 17.3. The molecule has 1 saturated heterocycles. The van der Waals surface area contributed by atoms with Gasteiger partial charge in [-0.2, -0.15) is 0 Å². The van der Waals surface area contributed by atoms with Crippen LogP contribution in [0.5, 0.6) is 0 Å². The third kappa shape index (κ3) is 2.76. The number of benzene rings is 2. The summed E-state index contributed by atoms with van der Waals surface area (Å²) in [6, 6.07) is 14.5. The molecule has 7 heteroatoms. The number of nitrogens with one attached hydrogen (secondary N) is 1. The van der Waals surface area contributed by atoms with E-state index in [1.807, 2.05) is 18.2 Å². The van der Waals surface area contributed by atoms with Crippen molar-refractivity contribution < 1.29 is 0 Å². The van der Waals surface area contributed by atoms with Crippen molar-refractivity contribution in [2.45, 2.75) is 26.2 Å². The zero-order chi connectivity index (χ0) is 19.1. The summed E-state index contributed by atoms with van der Waals surface area (Å²) in [5.74, 6) is 0.661. The van der Waals surface area contributed by atoms with Crippen LogP contribution in [0.15, 0.2) is 42.5 Å². The van der Waals surface area contributed by atoms with E-state index < -0.39 is 0 Å². The van der Waals surface area contributed by atoms with Crippen LogP contribution >= 0.6 is 11.6 Å². The van der Waals surface area contributed by atoms with Crippen LogP contribution in [0.4, 0.5) is 5.69 Å². The first-order valence-electron chi connectivity index (χ1n) is 9.63. The Hall–Kier alpha value is -2.86. The van der Waals surface area contributed by atoms with Gasteiger partial charge in [0.2, 0.25) is 0 Å². The Morgan fingerprint density at radius 3 is 2.54 bits per heavy atom. The van der Waals surface area contributed by atoms with Crippen LogP contribution in [0, 0.1) is 6.92 Å². The average molecular weight is 393 g/mol. The number of H-pyrrole nitrogens is 1. The van der Waals surface area contributed by atoms with Crippen LogP contribution in [0.1, 0.15) is 24.8 Å². The van der Waals surface area contributed by atoms with E-state index in [-0.39, 0.29) is 0 Å². The molecule has 0 aliphatic carbocycles. The summed E-state index contributed by atoms with van der Waals surface area (Å²) in [5, 5.41) is 16.9. The Bertz CT molecular complexity index is 1110. The zero-order valence-electron chi connectivity index (χ0n) is 15.7. The molecule has 1 aliphatic rings. The van der Waals surface area contributed by atoms with Gasteiger partial charge in [-0.25, -0.2) is 5.10 Å². The van der Waals surface area contributed by atoms with E-state index >= 15 is 0 Å². The van der Waals surface area contributed by atoms with Crippen molar-refractivity contribution in [2.24, 2.45) is 0 Å². The number of aromatic nitrogens is 5. The van der Waals surface area contributed by atoms with Crippen molar-refractivity contribution >= 4 is 28.2 Å². The Balaban J connectivity index is 1.90. The van der Waals surface area contributed by atoms with Gasteiger partial charge in [0.25, 0.3) is 0 Å². The van der Waals surface area contributed by atoms with Gasteiger partial charge in [-0.3, -0.25) is 0 Å². The van der Waals surface area contributed by atoms with E-state index in [2.05, 4.69) is 61.3 Å². The SMILES string of the molecule is Cc1cc2c(N3CCCCC3)c(-c3nnn[nH]3)n(-c3ccccc3)c2cc1Cl. The molecule has 3 heterocycles. The predicted molar refractivity (Wildman–Crippen MR) is 112 cm³/mol. The molecule has 0 spiro atoms. The molecular weight excluding hydrogens is 372 g/mol. The number of anilines is 1. The van der Waals surface area contributed by atoms with E-state index in [1.54, 1.807) is 0 Å². The van der Waals surface area contributed by atoms with Crippen LogP contribution in [-0.4, -0.2) is 38.3 Å². The minimum atomic E-state index is 0.661. The Labute approximate surface area is 168 Å². The van der Waals surface area contributed by atoms with Crippen LogP contribution in [-0.2, 0) is 0 Å². The number of piperidine rings is 1. The van der Waals surface area contributed by atoms with Crippen LogP contribution in [0.3, 0.4) is 0 Å². The highest BCUT2D eigenvalue weighted by Gasteiger charge is 2.27. The lowest BCUT2D eigenvalue weighted by molar-refractivity contribution is 0.579. The van der Waals surface area contributed by atoms with Crippen LogP contribution in [0.2, 0.25) is 5.02 Å². The number of para-hydroxylation sites is 1. The largest absolute Gasteiger partial charge is 0.369 e. The number of halogens is 1.